The number of carbonyl (C=O) groups is 2. The van der Waals surface area contributed by atoms with Crippen molar-refractivity contribution in [3.63, 3.8) is 0 Å². The summed E-state index contributed by atoms with van der Waals surface area (Å²) < 4.78 is 20.4. The van der Waals surface area contributed by atoms with Gasteiger partial charge in [0.1, 0.15) is 12.6 Å². The predicted octanol–water partition coefficient (Wildman–Crippen LogP) is 10.4. The fourth-order valence-electron chi connectivity index (χ4n) is 4.96. The Morgan fingerprint density at radius 2 is 0.825 bits per heavy atom. The van der Waals surface area contributed by atoms with E-state index in [2.05, 4.69) is 0 Å². The van der Waals surface area contributed by atoms with Gasteiger partial charge in [-0.15, -0.1) is 0 Å². The Morgan fingerprint density at radius 1 is 0.460 bits per heavy atom. The summed E-state index contributed by atoms with van der Waals surface area (Å²) in [5.41, 5.74) is 7.80. The number of nitro groups is 1. The van der Waals surface area contributed by atoms with E-state index in [4.69, 9.17) is 18.9 Å². The molecule has 4 N–H and O–H groups in total. The van der Waals surface area contributed by atoms with E-state index >= 15 is 0 Å². The minimum atomic E-state index is -0.509. The van der Waals surface area contributed by atoms with E-state index in [9.17, 15) is 40.1 Å². The molecule has 0 fully saturated rings. The van der Waals surface area contributed by atoms with E-state index in [-0.39, 0.29) is 36.6 Å². The number of nitrogens with zero attached hydrogens (tertiary/aromatic N) is 1. The first-order chi connectivity index (χ1) is 30.3. The molecule has 326 valence electrons. The lowest BCUT2D eigenvalue weighted by Crippen LogP contribution is -2.04. The first kappa shape index (κ1) is 49.4. The van der Waals surface area contributed by atoms with Gasteiger partial charge in [0.2, 0.25) is 6.20 Å². The van der Waals surface area contributed by atoms with Crippen LogP contribution in [-0.2, 0) is 9.47 Å². The van der Waals surface area contributed by atoms with Gasteiger partial charge in [-0.1, -0.05) is 121 Å². The van der Waals surface area contributed by atoms with Crippen LogP contribution in [0.2, 0.25) is 0 Å². The molecule has 0 atom stereocenters. The molecule has 0 aliphatic heterocycles. The molecule has 13 nitrogen and oxygen atoms in total. The molecule has 0 bridgehead atoms. The van der Waals surface area contributed by atoms with Crippen LogP contribution in [0.4, 0.5) is 0 Å². The molecule has 0 aliphatic rings. The number of carbonyl (C=O) groups excluding carboxylic acids is 2. The number of aryl methyl sites for hydroxylation is 2. The number of benzene rings is 6. The lowest BCUT2D eigenvalue weighted by Gasteiger charge is -2.12. The Morgan fingerprint density at radius 3 is 1.24 bits per heavy atom. The molecule has 63 heavy (non-hydrogen) atoms. The summed E-state index contributed by atoms with van der Waals surface area (Å²) in [5, 5.41) is 47.4. The second-order valence-electron chi connectivity index (χ2n) is 13.3. The minimum Gasteiger partial charge on any atom is -0.504 e. The summed E-state index contributed by atoms with van der Waals surface area (Å²) in [6.45, 7) is 4.38. The van der Waals surface area contributed by atoms with Gasteiger partial charge in [-0.3, -0.25) is 19.7 Å². The summed E-state index contributed by atoms with van der Waals surface area (Å²) >= 11 is 0. The smallest absolute Gasteiger partial charge is 0.235 e. The molecule has 13 heteroatoms. The number of phenols is 4. The summed E-state index contributed by atoms with van der Waals surface area (Å²) in [6, 6.07) is 36.7. The monoisotopic (exact) mass is 855 g/mol. The zero-order valence-corrected chi connectivity index (χ0v) is 35.2. The van der Waals surface area contributed by atoms with E-state index in [1.54, 1.807) is 56.7 Å². The first-order valence-corrected chi connectivity index (χ1v) is 19.1. The molecule has 0 spiro atoms. The maximum atomic E-state index is 10.5. The van der Waals surface area contributed by atoms with Gasteiger partial charge in [-0.25, -0.2) is 0 Å². The number of aromatic hydroxyl groups is 4. The van der Waals surface area contributed by atoms with Crippen LogP contribution in [0.3, 0.4) is 0 Å². The van der Waals surface area contributed by atoms with E-state index in [0.717, 1.165) is 57.7 Å². The zero-order valence-electron chi connectivity index (χ0n) is 35.2. The molecule has 0 unspecified atom stereocenters. The Hall–Kier alpha value is -8.00. The number of ether oxygens (including phenoxy) is 4. The van der Waals surface area contributed by atoms with Crippen molar-refractivity contribution in [2.45, 2.75) is 13.8 Å². The highest BCUT2D eigenvalue weighted by Gasteiger charge is 2.05. The highest BCUT2D eigenvalue weighted by Crippen LogP contribution is 2.29. The van der Waals surface area contributed by atoms with Crippen LogP contribution in [0, 0.1) is 24.0 Å². The van der Waals surface area contributed by atoms with Crippen molar-refractivity contribution >= 4 is 43.0 Å². The molecule has 0 aromatic heterocycles. The number of rotatable bonds is 14. The normalized spacial score (nSPS) is 10.5. The van der Waals surface area contributed by atoms with Crippen LogP contribution < -0.4 is 9.47 Å². The van der Waals surface area contributed by atoms with Crippen molar-refractivity contribution in [2.75, 3.05) is 27.8 Å². The van der Waals surface area contributed by atoms with E-state index in [0.29, 0.717) is 17.1 Å². The van der Waals surface area contributed by atoms with Crippen LogP contribution in [0.1, 0.15) is 59.7 Å². The number of aldehydes is 2. The van der Waals surface area contributed by atoms with Gasteiger partial charge in [-0.2, -0.15) is 0 Å². The molecular formula is C50H49NO12. The van der Waals surface area contributed by atoms with Crippen molar-refractivity contribution in [3.05, 3.63) is 194 Å². The third-order valence-electron chi connectivity index (χ3n) is 8.31. The van der Waals surface area contributed by atoms with Crippen LogP contribution >= 0.6 is 0 Å². The van der Waals surface area contributed by atoms with Gasteiger partial charge < -0.3 is 39.4 Å². The molecule has 6 aromatic carbocycles. The summed E-state index contributed by atoms with van der Waals surface area (Å²) in [6.07, 6.45) is 11.3. The predicted molar refractivity (Wildman–Crippen MR) is 244 cm³/mol. The summed E-state index contributed by atoms with van der Waals surface area (Å²) in [5.74, 6) is 0.704. The standard InChI is InChI=1S/C16H13NO4.C15H12O3.C11H16O4.C8H8O/c18-15-8-7-14(11-16(15)19)6-5-12-1-3-13(4-2-12)9-10-17(20)21;16-10-13-5-2-11(3-6-13)1-4-12-7-8-14(17)15(18)9-12;1-9-4-5-10(14-7-12-2)11(6-9)15-8-13-3;1-7-2-4-8(6-9)5-3-7/h1-11,18-19H;1-10,17-18H;4-6H,7-8H2,1-3H3;2-6H,1H3/b6-5+,10-9+;;;. The SMILES string of the molecule is COCOc1ccc(C)cc1OCOC.Cc1ccc(C=O)cc1.O=Cc1ccc(C=Cc2ccc(O)c(O)c2)cc1.O=[N+]([O-])/C=C/c1ccc(/C=C/c2ccc(O)c(O)c2)cc1. The van der Waals surface area contributed by atoms with Crippen LogP contribution in [0.5, 0.6) is 34.5 Å². The van der Waals surface area contributed by atoms with Crippen molar-refractivity contribution < 1.29 is 53.9 Å². The highest BCUT2D eigenvalue weighted by atomic mass is 16.7. The average molecular weight is 856 g/mol. The van der Waals surface area contributed by atoms with Crippen molar-refractivity contribution in [2.24, 2.45) is 0 Å². The molecule has 6 rings (SSSR count). The lowest BCUT2D eigenvalue weighted by molar-refractivity contribution is -0.400. The Kier molecular flexibility index (Phi) is 21.1. The van der Waals surface area contributed by atoms with E-state index in [1.807, 2.05) is 98.8 Å². The molecule has 0 radical (unpaired) electrons. The van der Waals surface area contributed by atoms with Crippen LogP contribution in [0.25, 0.3) is 30.4 Å². The van der Waals surface area contributed by atoms with Crippen LogP contribution in [-0.4, -0.2) is 65.7 Å². The maximum Gasteiger partial charge on any atom is 0.235 e. The average Bonchev–Trinajstić information content (AvgIpc) is 3.29. The number of hydrogen-bond acceptors (Lipinski definition) is 12. The van der Waals surface area contributed by atoms with Gasteiger partial charge in [0, 0.05) is 31.4 Å². The largest absolute Gasteiger partial charge is 0.504 e. The summed E-state index contributed by atoms with van der Waals surface area (Å²) in [4.78, 5) is 30.3. The molecule has 0 aliphatic carbocycles. The zero-order chi connectivity index (χ0) is 46.0. The van der Waals surface area contributed by atoms with Gasteiger partial charge in [0.15, 0.2) is 48.1 Å². The molecule has 0 amide bonds. The first-order valence-electron chi connectivity index (χ1n) is 19.1. The van der Waals surface area contributed by atoms with Crippen molar-refractivity contribution in [3.8, 4) is 34.5 Å². The lowest BCUT2D eigenvalue weighted by atomic mass is 10.1. The molecule has 0 saturated carbocycles. The number of hydrogen-bond donors (Lipinski definition) is 4. The van der Waals surface area contributed by atoms with E-state index in [1.165, 1.54) is 35.9 Å². The van der Waals surface area contributed by atoms with Crippen molar-refractivity contribution in [1.29, 1.82) is 0 Å². The molecule has 6 aromatic rings. The maximum absolute atomic E-state index is 10.5. The highest BCUT2D eigenvalue weighted by molar-refractivity contribution is 5.77. The van der Waals surface area contributed by atoms with Gasteiger partial charge in [-0.05, 0) is 83.6 Å². The Bertz CT molecular complexity index is 2440. The summed E-state index contributed by atoms with van der Waals surface area (Å²) in [7, 11) is 3.15. The third-order valence-corrected chi connectivity index (χ3v) is 8.31. The third kappa shape index (κ3) is 18.9. The van der Waals surface area contributed by atoms with Crippen LogP contribution in [0.15, 0.2) is 134 Å². The van der Waals surface area contributed by atoms with Gasteiger partial charge in [0.25, 0.3) is 0 Å². The number of methoxy groups -OCH3 is 2. The second-order valence-corrected chi connectivity index (χ2v) is 13.3. The molecule has 0 saturated heterocycles. The fraction of sp³-hybridized carbons (Fsp3) is 0.120. The molecular weight excluding hydrogens is 807 g/mol. The minimum absolute atomic E-state index is 0.137. The molecule has 0 heterocycles. The Labute approximate surface area is 365 Å². The number of phenolic OH excluding ortho intramolecular Hbond substituents is 4. The van der Waals surface area contributed by atoms with E-state index < -0.39 is 4.92 Å². The fourth-order valence-corrected chi connectivity index (χ4v) is 4.96. The topological polar surface area (TPSA) is 195 Å². The second kappa shape index (κ2) is 27.0. The Balaban J connectivity index is 0.000000232. The van der Waals surface area contributed by atoms with Gasteiger partial charge >= 0.3 is 0 Å². The van der Waals surface area contributed by atoms with Gasteiger partial charge in [0.05, 0.1) is 4.92 Å². The van der Waals surface area contributed by atoms with Crippen molar-refractivity contribution in [1.82, 2.24) is 0 Å². The quantitative estimate of drug-likeness (QED) is 0.0202.